The van der Waals surface area contributed by atoms with Crippen LogP contribution in [0.15, 0.2) is 0 Å². The second kappa shape index (κ2) is 27.5. The minimum absolute atomic E-state index is 0.156. The number of rotatable bonds is 30. The fraction of sp³-hybridized carbons (Fsp3) is 0.946. The number of aliphatic hydroxyl groups is 3. The van der Waals surface area contributed by atoms with E-state index in [0.717, 1.165) is 45.1 Å². The fourth-order valence-corrected chi connectivity index (χ4v) is 6.00. The first-order valence-electron chi connectivity index (χ1n) is 19.2. The number of amides is 2. The van der Waals surface area contributed by atoms with Crippen LogP contribution in [0, 0.1) is 0 Å². The number of aliphatic hydroxyl groups excluding tert-OH is 3. The smallest absolute Gasteiger partial charge is 0.275 e. The summed E-state index contributed by atoms with van der Waals surface area (Å²) in [7, 11) is 6.12. The van der Waals surface area contributed by atoms with Crippen LogP contribution in [0.4, 0.5) is 0 Å². The SMILES string of the molecule is CCCCO[C@H]1O[C@H](C(=O)NCCCCCCCCCCCCCCCCCCCCCCNC(=O)C[N+](C)(C)C)[C@@H](O)[C@H](O)[C@@H]1O. The highest BCUT2D eigenvalue weighted by Crippen LogP contribution is 2.23. The van der Waals surface area contributed by atoms with Gasteiger partial charge < -0.3 is 39.9 Å². The van der Waals surface area contributed by atoms with Gasteiger partial charge in [0, 0.05) is 19.7 Å². The lowest BCUT2D eigenvalue weighted by atomic mass is 9.98. The van der Waals surface area contributed by atoms with Crippen LogP contribution in [0.3, 0.4) is 0 Å². The average Bonchev–Trinajstić information content (AvgIpc) is 3.02. The molecule has 1 saturated heterocycles. The first-order chi connectivity index (χ1) is 22.6. The van der Waals surface area contributed by atoms with E-state index in [0.29, 0.717) is 24.2 Å². The molecule has 0 aromatic rings. The molecule has 47 heavy (non-hydrogen) atoms. The van der Waals surface area contributed by atoms with E-state index < -0.39 is 36.6 Å². The van der Waals surface area contributed by atoms with Gasteiger partial charge in [0.1, 0.15) is 18.3 Å². The molecule has 0 unspecified atom stereocenters. The topological polar surface area (TPSA) is 137 Å². The standard InChI is InChI=1S/C37H73N3O7/c1-5-6-29-46-37-34(44)32(42)33(43)35(47-37)36(45)39-28-26-24-22-20-18-16-14-12-10-8-7-9-11-13-15-17-19-21-23-25-27-38-31(41)30-40(2,3)4/h32-35,37,42-44H,5-30H2,1-4H3,(H-,38,39,41,45)/p+1/t32-,33-,34-,35-,37-/m0/s1. The Morgan fingerprint density at radius 2 is 1.00 bits per heavy atom. The normalized spacial score (nSPS) is 21.6. The van der Waals surface area contributed by atoms with Crippen molar-refractivity contribution >= 4 is 11.8 Å². The van der Waals surface area contributed by atoms with Gasteiger partial charge in [-0.2, -0.15) is 0 Å². The zero-order valence-corrected chi connectivity index (χ0v) is 30.7. The van der Waals surface area contributed by atoms with E-state index in [1.165, 1.54) is 103 Å². The van der Waals surface area contributed by atoms with Gasteiger partial charge in [-0.1, -0.05) is 129 Å². The Kier molecular flexibility index (Phi) is 25.6. The van der Waals surface area contributed by atoms with Gasteiger partial charge in [0.25, 0.3) is 11.8 Å². The molecule has 1 aliphatic rings. The van der Waals surface area contributed by atoms with E-state index >= 15 is 0 Å². The van der Waals surface area contributed by atoms with Crippen LogP contribution in [0.25, 0.3) is 0 Å². The van der Waals surface area contributed by atoms with Crippen molar-refractivity contribution in [1.29, 1.82) is 0 Å². The first kappa shape index (κ1) is 43.7. The summed E-state index contributed by atoms with van der Waals surface area (Å²) >= 11 is 0. The number of likely N-dealkylation sites (N-methyl/N-ethyl adjacent to an activating group) is 1. The summed E-state index contributed by atoms with van der Waals surface area (Å²) in [5.41, 5.74) is 0. The number of quaternary nitrogens is 1. The average molecular weight is 673 g/mol. The van der Waals surface area contributed by atoms with E-state index in [4.69, 9.17) is 9.47 Å². The van der Waals surface area contributed by atoms with E-state index in [-0.39, 0.29) is 5.91 Å². The van der Waals surface area contributed by atoms with E-state index in [1.807, 2.05) is 28.1 Å². The van der Waals surface area contributed by atoms with E-state index in [9.17, 15) is 24.9 Å². The van der Waals surface area contributed by atoms with Crippen LogP contribution in [0.2, 0.25) is 0 Å². The molecule has 0 radical (unpaired) electrons. The van der Waals surface area contributed by atoms with Crippen LogP contribution >= 0.6 is 0 Å². The molecule has 2 amide bonds. The Hall–Kier alpha value is -1.30. The van der Waals surface area contributed by atoms with Crippen molar-refractivity contribution in [2.45, 2.75) is 179 Å². The number of nitrogens with one attached hydrogen (secondary N) is 2. The molecule has 1 rings (SSSR count). The van der Waals surface area contributed by atoms with Gasteiger partial charge in [-0.25, -0.2) is 0 Å². The summed E-state index contributed by atoms with van der Waals surface area (Å²) in [6.45, 7) is 4.21. The van der Waals surface area contributed by atoms with Gasteiger partial charge in [-0.15, -0.1) is 0 Å². The Morgan fingerprint density at radius 3 is 1.40 bits per heavy atom. The van der Waals surface area contributed by atoms with Crippen molar-refractivity contribution in [1.82, 2.24) is 10.6 Å². The summed E-state index contributed by atoms with van der Waals surface area (Å²) in [4.78, 5) is 24.3. The molecule has 0 saturated carbocycles. The van der Waals surface area contributed by atoms with Crippen LogP contribution in [-0.4, -0.2) is 110 Å². The van der Waals surface area contributed by atoms with Gasteiger partial charge in [-0.3, -0.25) is 9.59 Å². The fourth-order valence-electron chi connectivity index (χ4n) is 6.00. The van der Waals surface area contributed by atoms with Crippen LogP contribution in [0.5, 0.6) is 0 Å². The molecular formula is C37H74N3O7+. The molecule has 0 aliphatic carbocycles. The van der Waals surface area contributed by atoms with Gasteiger partial charge >= 0.3 is 0 Å². The number of carbonyl (C=O) groups excluding carboxylic acids is 2. The molecule has 0 aromatic heterocycles. The summed E-state index contributed by atoms with van der Waals surface area (Å²) < 4.78 is 11.6. The first-order valence-corrected chi connectivity index (χ1v) is 19.2. The van der Waals surface area contributed by atoms with Crippen LogP contribution in [-0.2, 0) is 19.1 Å². The quantitative estimate of drug-likeness (QED) is 0.0513. The lowest BCUT2D eigenvalue weighted by molar-refractivity contribution is -0.862. The van der Waals surface area contributed by atoms with E-state index in [2.05, 4.69) is 10.6 Å². The molecule has 10 heteroatoms. The monoisotopic (exact) mass is 673 g/mol. The minimum Gasteiger partial charge on any atom is -0.387 e. The Bertz CT molecular complexity index is 780. The molecule has 1 heterocycles. The molecule has 1 fully saturated rings. The van der Waals surface area contributed by atoms with Crippen molar-refractivity contribution in [2.75, 3.05) is 47.4 Å². The van der Waals surface area contributed by atoms with Crippen molar-refractivity contribution in [3.63, 3.8) is 0 Å². The number of hydrogen-bond donors (Lipinski definition) is 5. The summed E-state index contributed by atoms with van der Waals surface area (Å²) in [6.07, 6.45) is 20.2. The third-order valence-electron chi connectivity index (χ3n) is 8.95. The lowest BCUT2D eigenvalue weighted by Crippen LogP contribution is -2.62. The third-order valence-corrected chi connectivity index (χ3v) is 8.95. The number of ether oxygens (including phenoxy) is 2. The summed E-state index contributed by atoms with van der Waals surface area (Å²) in [5.74, 6) is -0.329. The molecule has 278 valence electrons. The summed E-state index contributed by atoms with van der Waals surface area (Å²) in [6, 6.07) is 0. The highest BCUT2D eigenvalue weighted by molar-refractivity contribution is 5.81. The second-order valence-electron chi connectivity index (χ2n) is 14.8. The zero-order chi connectivity index (χ0) is 34.8. The summed E-state index contributed by atoms with van der Waals surface area (Å²) in [5, 5.41) is 36.3. The molecule has 0 spiro atoms. The molecule has 0 bridgehead atoms. The van der Waals surface area contributed by atoms with E-state index in [1.54, 1.807) is 0 Å². The van der Waals surface area contributed by atoms with Gasteiger partial charge in [0.05, 0.1) is 21.1 Å². The number of unbranched alkanes of at least 4 members (excludes halogenated alkanes) is 20. The van der Waals surface area contributed by atoms with Crippen LogP contribution in [0.1, 0.15) is 148 Å². The lowest BCUT2D eigenvalue weighted by Gasteiger charge is -2.39. The number of hydrogen-bond acceptors (Lipinski definition) is 7. The van der Waals surface area contributed by atoms with Gasteiger partial charge in [0.2, 0.25) is 0 Å². The van der Waals surface area contributed by atoms with Gasteiger partial charge in [0.15, 0.2) is 18.9 Å². The van der Waals surface area contributed by atoms with Crippen molar-refractivity contribution in [3.8, 4) is 0 Å². The maximum Gasteiger partial charge on any atom is 0.275 e. The molecule has 5 atom stereocenters. The van der Waals surface area contributed by atoms with Gasteiger partial charge in [-0.05, 0) is 19.3 Å². The second-order valence-corrected chi connectivity index (χ2v) is 14.8. The predicted molar refractivity (Wildman–Crippen MR) is 189 cm³/mol. The Balaban J connectivity index is 1.84. The maximum absolute atomic E-state index is 12.5. The maximum atomic E-state index is 12.5. The molecule has 1 aliphatic heterocycles. The molecule has 0 aromatic carbocycles. The number of carbonyl (C=O) groups is 2. The minimum atomic E-state index is -1.50. The van der Waals surface area contributed by atoms with Crippen molar-refractivity contribution < 1.29 is 38.9 Å². The highest BCUT2D eigenvalue weighted by Gasteiger charge is 2.47. The van der Waals surface area contributed by atoms with Crippen molar-refractivity contribution in [2.24, 2.45) is 0 Å². The highest BCUT2D eigenvalue weighted by atomic mass is 16.7. The molecule has 10 nitrogen and oxygen atoms in total. The predicted octanol–water partition coefficient (Wildman–Crippen LogP) is 5.35. The molecule has 5 N–H and O–H groups in total. The van der Waals surface area contributed by atoms with Crippen LogP contribution < -0.4 is 10.6 Å². The Morgan fingerprint density at radius 1 is 0.596 bits per heavy atom. The number of nitrogens with zero attached hydrogens (tertiary/aromatic N) is 1. The largest absolute Gasteiger partial charge is 0.387 e. The van der Waals surface area contributed by atoms with Crippen molar-refractivity contribution in [3.05, 3.63) is 0 Å². The zero-order valence-electron chi connectivity index (χ0n) is 30.7. The Labute approximate surface area is 287 Å². The molecular weight excluding hydrogens is 598 g/mol. The third kappa shape index (κ3) is 22.9.